The minimum absolute atomic E-state index is 0.00294. The Labute approximate surface area is 119 Å². The smallest absolute Gasteiger partial charge is 0.233 e. The van der Waals surface area contributed by atoms with Crippen LogP contribution in [-0.4, -0.2) is 22.8 Å². The van der Waals surface area contributed by atoms with Crippen molar-refractivity contribution >= 4 is 11.8 Å². The van der Waals surface area contributed by atoms with Crippen LogP contribution in [0.1, 0.15) is 38.5 Å². The van der Waals surface area contributed by atoms with Gasteiger partial charge in [-0.2, -0.15) is 0 Å². The Hall–Kier alpha value is -1.12. The summed E-state index contributed by atoms with van der Waals surface area (Å²) >= 11 is 0. The molecule has 0 aromatic heterocycles. The minimum atomic E-state index is 0.00294. The SMILES string of the molecule is O=C1[C@@H]2[C@@H]3C=C[C@H]([C@H]4C[C@H]34)[C@@H]2C(=O)N1C1CCCCC1. The molecule has 0 aromatic carbocycles. The Kier molecular flexibility index (Phi) is 2.16. The summed E-state index contributed by atoms with van der Waals surface area (Å²) in [5.41, 5.74) is 0. The second-order valence-corrected chi connectivity index (χ2v) is 7.49. The van der Waals surface area contributed by atoms with E-state index < -0.39 is 0 Å². The number of allylic oxidation sites excluding steroid dienone is 2. The molecule has 1 saturated heterocycles. The van der Waals surface area contributed by atoms with E-state index in [1.807, 2.05) is 0 Å². The fraction of sp³-hybridized carbons (Fsp3) is 0.765. The van der Waals surface area contributed by atoms with Crippen molar-refractivity contribution in [3.05, 3.63) is 12.2 Å². The molecular weight excluding hydrogens is 250 g/mol. The number of rotatable bonds is 1. The second-order valence-electron chi connectivity index (χ2n) is 7.49. The van der Waals surface area contributed by atoms with Crippen LogP contribution in [0.15, 0.2) is 12.2 Å². The van der Waals surface area contributed by atoms with Gasteiger partial charge in [0.25, 0.3) is 0 Å². The number of carbonyl (C=O) groups excluding carboxylic acids is 2. The lowest BCUT2D eigenvalue weighted by atomic mass is 9.63. The molecule has 2 bridgehead atoms. The zero-order valence-corrected chi connectivity index (χ0v) is 11.7. The normalized spacial score (nSPS) is 49.5. The van der Waals surface area contributed by atoms with Crippen LogP contribution in [0.4, 0.5) is 0 Å². The fourth-order valence-corrected chi connectivity index (χ4v) is 5.68. The molecule has 4 fully saturated rings. The number of amides is 2. The molecule has 6 atom stereocenters. The van der Waals surface area contributed by atoms with Gasteiger partial charge in [0.1, 0.15) is 0 Å². The molecule has 6 rings (SSSR count). The number of likely N-dealkylation sites (tertiary alicyclic amines) is 1. The van der Waals surface area contributed by atoms with Gasteiger partial charge in [0.15, 0.2) is 0 Å². The molecule has 6 aliphatic rings. The molecule has 0 unspecified atom stereocenters. The fourth-order valence-electron chi connectivity index (χ4n) is 5.68. The van der Waals surface area contributed by atoms with E-state index in [9.17, 15) is 9.59 Å². The second kappa shape index (κ2) is 3.75. The van der Waals surface area contributed by atoms with Gasteiger partial charge >= 0.3 is 0 Å². The summed E-state index contributed by atoms with van der Waals surface area (Å²) in [6.45, 7) is 0. The maximum atomic E-state index is 12.9. The average Bonchev–Trinajstić information content (AvgIpc) is 3.25. The number of nitrogens with zero attached hydrogens (tertiary/aromatic N) is 1. The predicted molar refractivity (Wildman–Crippen MR) is 73.4 cm³/mol. The van der Waals surface area contributed by atoms with E-state index in [0.29, 0.717) is 23.7 Å². The molecule has 0 aromatic rings. The van der Waals surface area contributed by atoms with Crippen LogP contribution >= 0.6 is 0 Å². The molecule has 106 valence electrons. The first-order chi connectivity index (χ1) is 9.77. The van der Waals surface area contributed by atoms with Gasteiger partial charge in [0.2, 0.25) is 11.8 Å². The summed E-state index contributed by atoms with van der Waals surface area (Å²) in [6.07, 6.45) is 11.4. The Morgan fingerprint density at radius 1 is 0.850 bits per heavy atom. The van der Waals surface area contributed by atoms with Crippen LogP contribution in [0.3, 0.4) is 0 Å². The van der Waals surface area contributed by atoms with Gasteiger partial charge in [-0.25, -0.2) is 0 Å². The molecule has 0 spiro atoms. The first-order valence-electron chi connectivity index (χ1n) is 8.32. The first-order valence-corrected chi connectivity index (χ1v) is 8.32. The van der Waals surface area contributed by atoms with Crippen LogP contribution in [0.5, 0.6) is 0 Å². The standard InChI is InChI=1S/C17H21NO2/c19-16-14-10-6-7-11(13-8-12(10)13)15(14)17(20)18(16)9-4-2-1-3-5-9/h6-7,9-15H,1-5,8H2/t10-,11-,12-,13-,14-,15+/m1/s1. The summed E-state index contributed by atoms with van der Waals surface area (Å²) in [5.74, 6) is 2.54. The van der Waals surface area contributed by atoms with Gasteiger partial charge in [-0.1, -0.05) is 31.4 Å². The number of carbonyl (C=O) groups is 2. The van der Waals surface area contributed by atoms with Gasteiger partial charge in [0.05, 0.1) is 11.8 Å². The summed E-state index contributed by atoms with van der Waals surface area (Å²) < 4.78 is 0. The third-order valence-electron chi connectivity index (χ3n) is 6.64. The van der Waals surface area contributed by atoms with Crippen LogP contribution in [0, 0.1) is 35.5 Å². The molecule has 20 heavy (non-hydrogen) atoms. The number of hydrogen-bond acceptors (Lipinski definition) is 2. The first kappa shape index (κ1) is 11.5. The summed E-state index contributed by atoms with van der Waals surface area (Å²) in [5, 5.41) is 0. The highest BCUT2D eigenvalue weighted by Crippen LogP contribution is 2.65. The molecule has 5 aliphatic carbocycles. The van der Waals surface area contributed by atoms with E-state index in [1.54, 1.807) is 4.90 Å². The molecular formula is C17H21NO2. The molecule has 2 amide bonds. The largest absolute Gasteiger partial charge is 0.279 e. The van der Waals surface area contributed by atoms with E-state index >= 15 is 0 Å². The van der Waals surface area contributed by atoms with Crippen molar-refractivity contribution in [3.8, 4) is 0 Å². The van der Waals surface area contributed by atoms with E-state index in [1.165, 1.54) is 25.7 Å². The predicted octanol–water partition coefficient (Wildman–Crippen LogP) is 2.37. The highest BCUT2D eigenvalue weighted by Gasteiger charge is 2.67. The molecule has 1 heterocycles. The molecule has 0 radical (unpaired) electrons. The van der Waals surface area contributed by atoms with Gasteiger partial charge in [0, 0.05) is 6.04 Å². The lowest BCUT2D eigenvalue weighted by molar-refractivity contribution is -0.143. The van der Waals surface area contributed by atoms with Gasteiger partial charge in [-0.3, -0.25) is 14.5 Å². The molecule has 1 aliphatic heterocycles. The van der Waals surface area contributed by atoms with Gasteiger partial charge in [-0.15, -0.1) is 0 Å². The zero-order valence-electron chi connectivity index (χ0n) is 11.7. The maximum absolute atomic E-state index is 12.9. The lowest BCUT2D eigenvalue weighted by Crippen LogP contribution is -2.42. The van der Waals surface area contributed by atoms with Crippen LogP contribution < -0.4 is 0 Å². The van der Waals surface area contributed by atoms with Crippen molar-refractivity contribution < 1.29 is 9.59 Å². The highest BCUT2D eigenvalue weighted by molar-refractivity contribution is 6.06. The van der Waals surface area contributed by atoms with Crippen LogP contribution in [-0.2, 0) is 9.59 Å². The maximum Gasteiger partial charge on any atom is 0.233 e. The summed E-state index contributed by atoms with van der Waals surface area (Å²) in [4.78, 5) is 27.5. The summed E-state index contributed by atoms with van der Waals surface area (Å²) in [6, 6.07) is 0.213. The monoisotopic (exact) mass is 271 g/mol. The molecule has 3 heteroatoms. The van der Waals surface area contributed by atoms with Crippen molar-refractivity contribution in [2.45, 2.75) is 44.6 Å². The minimum Gasteiger partial charge on any atom is -0.279 e. The Morgan fingerprint density at radius 2 is 1.40 bits per heavy atom. The zero-order chi connectivity index (χ0) is 13.4. The molecule has 3 saturated carbocycles. The third kappa shape index (κ3) is 1.27. The van der Waals surface area contributed by atoms with E-state index in [-0.39, 0.29) is 29.7 Å². The van der Waals surface area contributed by atoms with E-state index in [2.05, 4.69) is 12.2 Å². The average molecular weight is 271 g/mol. The van der Waals surface area contributed by atoms with Crippen molar-refractivity contribution in [2.75, 3.05) is 0 Å². The Morgan fingerprint density at radius 3 is 1.95 bits per heavy atom. The van der Waals surface area contributed by atoms with Crippen LogP contribution in [0.2, 0.25) is 0 Å². The van der Waals surface area contributed by atoms with Gasteiger partial charge in [-0.05, 0) is 42.9 Å². The lowest BCUT2D eigenvalue weighted by Gasteiger charge is -2.37. The molecule has 3 nitrogen and oxygen atoms in total. The summed E-state index contributed by atoms with van der Waals surface area (Å²) in [7, 11) is 0. The van der Waals surface area contributed by atoms with Crippen molar-refractivity contribution in [1.29, 1.82) is 0 Å². The quantitative estimate of drug-likeness (QED) is 0.542. The van der Waals surface area contributed by atoms with Crippen LogP contribution in [0.25, 0.3) is 0 Å². The highest BCUT2D eigenvalue weighted by atomic mass is 16.2. The van der Waals surface area contributed by atoms with Crippen molar-refractivity contribution in [1.82, 2.24) is 4.90 Å². The van der Waals surface area contributed by atoms with E-state index in [0.717, 1.165) is 12.8 Å². The van der Waals surface area contributed by atoms with E-state index in [4.69, 9.17) is 0 Å². The third-order valence-corrected chi connectivity index (χ3v) is 6.64. The van der Waals surface area contributed by atoms with Crippen molar-refractivity contribution in [2.24, 2.45) is 35.5 Å². The molecule has 0 N–H and O–H groups in total. The number of hydrogen-bond donors (Lipinski definition) is 0. The number of imide groups is 1. The Balaban J connectivity index is 1.50. The topological polar surface area (TPSA) is 37.4 Å². The Bertz CT molecular complexity index is 483. The van der Waals surface area contributed by atoms with Gasteiger partial charge < -0.3 is 0 Å². The van der Waals surface area contributed by atoms with Crippen molar-refractivity contribution in [3.63, 3.8) is 0 Å².